The predicted molar refractivity (Wildman–Crippen MR) is 135 cm³/mol. The van der Waals surface area contributed by atoms with E-state index in [2.05, 4.69) is 20.3 Å². The third kappa shape index (κ3) is 7.38. The Balaban J connectivity index is 2.05. The van der Waals surface area contributed by atoms with Gasteiger partial charge in [-0.2, -0.15) is 0 Å². The summed E-state index contributed by atoms with van der Waals surface area (Å²) in [5.74, 6) is 0. The number of aromatic nitrogens is 3. The first-order valence-electron chi connectivity index (χ1n) is 10.9. The van der Waals surface area contributed by atoms with E-state index in [1.165, 1.54) is 23.6 Å². The fraction of sp³-hybridized carbons (Fsp3) is 0.320. The Morgan fingerprint density at radius 2 is 1.66 bits per heavy atom. The maximum Gasteiger partial charge on any atom is 0.419 e. The summed E-state index contributed by atoms with van der Waals surface area (Å²) in [4.78, 5) is 39.6. The molecule has 0 saturated heterocycles. The lowest BCUT2D eigenvalue weighted by atomic mass is 10.1. The SMILES string of the molecule is CC(C)(C)OC(=O)Nc1cncc(-c2ncncc2N(C(=O)OC(C)(C)C)c2cccc(Cl)c2)c1. The number of rotatable bonds is 4. The molecule has 0 bridgehead atoms. The van der Waals surface area contributed by atoms with E-state index in [1.54, 1.807) is 78.1 Å². The third-order valence-corrected chi connectivity index (χ3v) is 4.47. The lowest BCUT2D eigenvalue weighted by molar-refractivity contribution is 0.0596. The van der Waals surface area contributed by atoms with Gasteiger partial charge in [0.25, 0.3) is 0 Å². The Labute approximate surface area is 209 Å². The zero-order valence-corrected chi connectivity index (χ0v) is 21.3. The normalized spacial score (nSPS) is 11.5. The van der Waals surface area contributed by atoms with E-state index in [0.717, 1.165) is 0 Å². The van der Waals surface area contributed by atoms with Crippen molar-refractivity contribution in [2.75, 3.05) is 10.2 Å². The Bertz CT molecular complexity index is 1220. The maximum absolute atomic E-state index is 13.3. The van der Waals surface area contributed by atoms with Gasteiger partial charge in [0.05, 0.1) is 35.1 Å². The van der Waals surface area contributed by atoms with E-state index in [0.29, 0.717) is 33.3 Å². The van der Waals surface area contributed by atoms with Crippen LogP contribution in [0.4, 0.5) is 26.7 Å². The minimum atomic E-state index is -0.748. The Morgan fingerprint density at radius 3 is 2.31 bits per heavy atom. The van der Waals surface area contributed by atoms with Crippen molar-refractivity contribution >= 4 is 40.8 Å². The summed E-state index contributed by atoms with van der Waals surface area (Å²) < 4.78 is 11.0. The molecule has 35 heavy (non-hydrogen) atoms. The van der Waals surface area contributed by atoms with Gasteiger partial charge in [-0.25, -0.2) is 24.5 Å². The van der Waals surface area contributed by atoms with Crippen LogP contribution in [-0.2, 0) is 9.47 Å². The maximum atomic E-state index is 13.3. The molecule has 2 amide bonds. The summed E-state index contributed by atoms with van der Waals surface area (Å²) in [5, 5.41) is 3.10. The highest BCUT2D eigenvalue weighted by atomic mass is 35.5. The van der Waals surface area contributed by atoms with Crippen molar-refractivity contribution in [3.63, 3.8) is 0 Å². The minimum absolute atomic E-state index is 0.347. The van der Waals surface area contributed by atoms with Gasteiger partial charge in [0.2, 0.25) is 0 Å². The number of carbonyl (C=O) groups is 2. The molecule has 0 aliphatic rings. The smallest absolute Gasteiger partial charge is 0.419 e. The highest BCUT2D eigenvalue weighted by molar-refractivity contribution is 6.31. The van der Waals surface area contributed by atoms with Crippen LogP contribution in [-0.4, -0.2) is 38.3 Å². The second-order valence-corrected chi connectivity index (χ2v) is 10.1. The van der Waals surface area contributed by atoms with Gasteiger partial charge in [-0.3, -0.25) is 10.3 Å². The van der Waals surface area contributed by atoms with Crippen LogP contribution in [0.25, 0.3) is 11.3 Å². The first-order valence-corrected chi connectivity index (χ1v) is 11.2. The van der Waals surface area contributed by atoms with Gasteiger partial charge in [-0.1, -0.05) is 17.7 Å². The van der Waals surface area contributed by atoms with Crippen LogP contribution in [0.2, 0.25) is 5.02 Å². The zero-order chi connectivity index (χ0) is 25.8. The Hall–Kier alpha value is -3.72. The summed E-state index contributed by atoms with van der Waals surface area (Å²) in [5.41, 5.74) is 0.743. The molecule has 0 unspecified atom stereocenters. The summed E-state index contributed by atoms with van der Waals surface area (Å²) in [6, 6.07) is 8.47. The fourth-order valence-electron chi connectivity index (χ4n) is 3.03. The van der Waals surface area contributed by atoms with E-state index in [4.69, 9.17) is 21.1 Å². The molecule has 2 aromatic heterocycles. The summed E-state index contributed by atoms with van der Waals surface area (Å²) >= 11 is 6.21. The summed E-state index contributed by atoms with van der Waals surface area (Å²) in [6.07, 6.45) is 4.66. The van der Waals surface area contributed by atoms with Crippen LogP contribution in [0.15, 0.2) is 55.2 Å². The largest absolute Gasteiger partial charge is 0.444 e. The topological polar surface area (TPSA) is 107 Å². The van der Waals surface area contributed by atoms with Crippen LogP contribution in [0.5, 0.6) is 0 Å². The monoisotopic (exact) mass is 497 g/mol. The number of benzene rings is 1. The van der Waals surface area contributed by atoms with E-state index in [9.17, 15) is 9.59 Å². The number of anilines is 3. The molecule has 0 aliphatic carbocycles. The van der Waals surface area contributed by atoms with E-state index >= 15 is 0 Å². The average Bonchev–Trinajstić information content (AvgIpc) is 2.72. The van der Waals surface area contributed by atoms with Gasteiger partial charge in [0.1, 0.15) is 17.5 Å². The molecule has 0 atom stereocenters. The number of nitrogens with one attached hydrogen (secondary N) is 1. The van der Waals surface area contributed by atoms with Crippen molar-refractivity contribution in [2.45, 2.75) is 52.7 Å². The fourth-order valence-corrected chi connectivity index (χ4v) is 3.22. The van der Waals surface area contributed by atoms with Gasteiger partial charge in [0.15, 0.2) is 0 Å². The van der Waals surface area contributed by atoms with Crippen molar-refractivity contribution in [2.24, 2.45) is 0 Å². The van der Waals surface area contributed by atoms with Gasteiger partial charge in [-0.15, -0.1) is 0 Å². The number of ether oxygens (including phenoxy) is 2. The summed E-state index contributed by atoms with van der Waals surface area (Å²) in [6.45, 7) is 10.7. The molecule has 0 radical (unpaired) electrons. The number of nitrogens with zero attached hydrogens (tertiary/aromatic N) is 4. The molecule has 1 aromatic carbocycles. The number of amides is 2. The van der Waals surface area contributed by atoms with Crippen LogP contribution >= 0.6 is 11.6 Å². The van der Waals surface area contributed by atoms with Crippen LogP contribution in [0.3, 0.4) is 0 Å². The summed E-state index contributed by atoms with van der Waals surface area (Å²) in [7, 11) is 0. The van der Waals surface area contributed by atoms with E-state index in [1.807, 2.05) is 0 Å². The number of hydrogen-bond acceptors (Lipinski definition) is 7. The standard InChI is InChI=1S/C25H28ClN5O4/c1-24(2,3)34-22(32)30-18-10-16(12-27-13-18)21-20(14-28-15-29-21)31(23(33)35-25(4,5)6)19-9-7-8-17(26)11-19/h7-15H,1-6H3,(H,30,32). The van der Waals surface area contributed by atoms with Crippen molar-refractivity contribution < 1.29 is 19.1 Å². The second kappa shape index (κ2) is 10.3. The minimum Gasteiger partial charge on any atom is -0.444 e. The van der Waals surface area contributed by atoms with Crippen molar-refractivity contribution in [1.29, 1.82) is 0 Å². The van der Waals surface area contributed by atoms with Crippen molar-refractivity contribution in [1.82, 2.24) is 15.0 Å². The lowest BCUT2D eigenvalue weighted by Gasteiger charge is -2.28. The highest BCUT2D eigenvalue weighted by Gasteiger charge is 2.28. The molecule has 0 saturated carbocycles. The quantitative estimate of drug-likeness (QED) is 0.432. The molecular weight excluding hydrogens is 470 g/mol. The van der Waals surface area contributed by atoms with Gasteiger partial charge in [0, 0.05) is 16.8 Å². The van der Waals surface area contributed by atoms with Crippen molar-refractivity contribution in [3.05, 3.63) is 60.3 Å². The first kappa shape index (κ1) is 25.9. The first-order chi connectivity index (χ1) is 16.3. The average molecular weight is 498 g/mol. The van der Waals surface area contributed by atoms with Gasteiger partial charge < -0.3 is 9.47 Å². The van der Waals surface area contributed by atoms with Crippen LogP contribution in [0, 0.1) is 0 Å². The van der Waals surface area contributed by atoms with Gasteiger partial charge in [-0.05, 0) is 65.8 Å². The van der Waals surface area contributed by atoms with Crippen molar-refractivity contribution in [3.8, 4) is 11.3 Å². The van der Waals surface area contributed by atoms with Crippen LogP contribution in [0.1, 0.15) is 41.5 Å². The molecule has 2 heterocycles. The Kier molecular flexibility index (Phi) is 7.60. The third-order valence-electron chi connectivity index (χ3n) is 4.23. The van der Waals surface area contributed by atoms with E-state index < -0.39 is 23.4 Å². The molecule has 0 aliphatic heterocycles. The van der Waals surface area contributed by atoms with Gasteiger partial charge >= 0.3 is 12.2 Å². The molecule has 9 nitrogen and oxygen atoms in total. The molecule has 0 spiro atoms. The second-order valence-electron chi connectivity index (χ2n) is 9.64. The highest BCUT2D eigenvalue weighted by Crippen LogP contribution is 2.35. The molecule has 10 heteroatoms. The van der Waals surface area contributed by atoms with Crippen LogP contribution < -0.4 is 10.2 Å². The molecule has 3 rings (SSSR count). The molecular formula is C25H28ClN5O4. The molecule has 0 fully saturated rings. The number of hydrogen-bond donors (Lipinski definition) is 1. The lowest BCUT2D eigenvalue weighted by Crippen LogP contribution is -2.34. The predicted octanol–water partition coefficient (Wildman–Crippen LogP) is 6.61. The van der Waals surface area contributed by atoms with E-state index in [-0.39, 0.29) is 0 Å². The Morgan fingerprint density at radius 1 is 0.943 bits per heavy atom. The zero-order valence-electron chi connectivity index (χ0n) is 20.5. The molecule has 3 aromatic rings. The number of pyridine rings is 1. The number of halogens is 1. The molecule has 184 valence electrons. The molecule has 1 N–H and O–H groups in total. The number of carbonyl (C=O) groups excluding carboxylic acids is 2.